The molecule has 0 radical (unpaired) electrons. The molecule has 2 aromatic rings. The fraction of sp³-hybridized carbons (Fsp3) is 0.500. The van der Waals surface area contributed by atoms with Gasteiger partial charge in [0.25, 0.3) is 0 Å². The molecular weight excluding hydrogens is 422 g/mol. The highest BCUT2D eigenvalue weighted by molar-refractivity contribution is 5.91. The molecule has 0 aromatic heterocycles. The predicted molar refractivity (Wildman–Crippen MR) is 124 cm³/mol. The first-order valence-electron chi connectivity index (χ1n) is 11.5. The van der Waals surface area contributed by atoms with E-state index in [-0.39, 0.29) is 5.97 Å². The minimum Gasteiger partial charge on any atom is -0.497 e. The number of quaternary nitrogens is 1. The van der Waals surface area contributed by atoms with Crippen molar-refractivity contribution in [3.8, 4) is 23.0 Å². The Hall–Kier alpha value is -2.93. The summed E-state index contributed by atoms with van der Waals surface area (Å²) in [4.78, 5) is 14.4. The average Bonchev–Trinajstić information content (AvgIpc) is 3.29. The van der Waals surface area contributed by atoms with Crippen LogP contribution in [0, 0.1) is 5.92 Å². The second kappa shape index (κ2) is 10.3. The molecule has 4 rings (SSSR count). The molecule has 2 heterocycles. The molecular formula is C26H34NO6+. The van der Waals surface area contributed by atoms with Gasteiger partial charge in [-0.1, -0.05) is 12.1 Å². The maximum Gasteiger partial charge on any atom is 0.338 e. The summed E-state index contributed by atoms with van der Waals surface area (Å²) in [5.41, 5.74) is 1.79. The van der Waals surface area contributed by atoms with Gasteiger partial charge >= 0.3 is 5.97 Å². The molecule has 2 aliphatic rings. The lowest BCUT2D eigenvalue weighted by molar-refractivity contribution is -0.919. The normalized spacial score (nSPS) is 24.0. The van der Waals surface area contributed by atoms with Gasteiger partial charge in [0.15, 0.2) is 11.5 Å². The molecule has 2 aromatic carbocycles. The number of esters is 1. The van der Waals surface area contributed by atoms with Crippen LogP contribution in [0.2, 0.25) is 0 Å². The highest BCUT2D eigenvalue weighted by Gasteiger charge is 2.41. The van der Waals surface area contributed by atoms with Crippen LogP contribution in [-0.2, 0) is 4.74 Å². The molecule has 178 valence electrons. The molecule has 0 bridgehead atoms. The molecule has 2 aliphatic heterocycles. The van der Waals surface area contributed by atoms with Crippen LogP contribution in [0.4, 0.5) is 0 Å². The number of carbonyl (C=O) groups excluding carboxylic acids is 1. The number of rotatable bonds is 8. The van der Waals surface area contributed by atoms with Crippen molar-refractivity contribution >= 4 is 5.97 Å². The lowest BCUT2D eigenvalue weighted by atomic mass is 9.89. The molecule has 2 fully saturated rings. The summed E-state index contributed by atoms with van der Waals surface area (Å²) in [5, 5.41) is 0. The molecule has 7 heteroatoms. The predicted octanol–water partition coefficient (Wildman–Crippen LogP) is 2.73. The van der Waals surface area contributed by atoms with Crippen LogP contribution in [0.1, 0.15) is 41.1 Å². The van der Waals surface area contributed by atoms with E-state index in [9.17, 15) is 4.79 Å². The van der Waals surface area contributed by atoms with Crippen molar-refractivity contribution in [2.45, 2.75) is 31.2 Å². The van der Waals surface area contributed by atoms with E-state index >= 15 is 0 Å². The quantitative estimate of drug-likeness (QED) is 0.616. The van der Waals surface area contributed by atoms with Gasteiger partial charge in [0.2, 0.25) is 5.75 Å². The third-order valence-corrected chi connectivity index (χ3v) is 7.08. The van der Waals surface area contributed by atoms with Crippen molar-refractivity contribution in [3.63, 3.8) is 0 Å². The van der Waals surface area contributed by atoms with E-state index < -0.39 is 0 Å². The van der Waals surface area contributed by atoms with Gasteiger partial charge in [-0.3, -0.25) is 0 Å². The van der Waals surface area contributed by atoms with Crippen LogP contribution in [0.3, 0.4) is 0 Å². The zero-order valence-corrected chi connectivity index (χ0v) is 19.9. The number of piperidine rings is 1. The molecule has 2 saturated heterocycles. The number of hydrogen-bond acceptors (Lipinski definition) is 6. The summed E-state index contributed by atoms with van der Waals surface area (Å²) in [6.45, 7) is 2.74. The van der Waals surface area contributed by atoms with Crippen molar-refractivity contribution in [2.24, 2.45) is 5.92 Å². The maximum atomic E-state index is 12.8. The van der Waals surface area contributed by atoms with Crippen molar-refractivity contribution < 1.29 is 33.4 Å². The van der Waals surface area contributed by atoms with E-state index in [0.29, 0.717) is 47.3 Å². The molecule has 0 aliphatic carbocycles. The van der Waals surface area contributed by atoms with Crippen molar-refractivity contribution in [2.75, 3.05) is 48.1 Å². The molecule has 4 atom stereocenters. The summed E-state index contributed by atoms with van der Waals surface area (Å²) >= 11 is 0. The number of benzene rings is 2. The number of nitrogens with one attached hydrogen (secondary N) is 1. The minimum absolute atomic E-state index is 0.369. The van der Waals surface area contributed by atoms with Crippen LogP contribution >= 0.6 is 0 Å². The van der Waals surface area contributed by atoms with Crippen LogP contribution in [0.15, 0.2) is 36.4 Å². The molecule has 1 N–H and O–H groups in total. The fourth-order valence-corrected chi connectivity index (χ4v) is 5.31. The smallest absolute Gasteiger partial charge is 0.338 e. The van der Waals surface area contributed by atoms with Crippen molar-refractivity contribution in [3.05, 3.63) is 47.5 Å². The Bertz CT molecular complexity index is 935. The molecule has 0 amide bonds. The first-order valence-corrected chi connectivity index (χ1v) is 11.5. The minimum atomic E-state index is -0.369. The van der Waals surface area contributed by atoms with Crippen LogP contribution < -0.4 is 23.8 Å². The Kier molecular flexibility index (Phi) is 7.28. The summed E-state index contributed by atoms with van der Waals surface area (Å²) in [6, 6.07) is 12.4. The van der Waals surface area contributed by atoms with Crippen LogP contribution in [0.5, 0.6) is 23.0 Å². The van der Waals surface area contributed by atoms with E-state index in [1.165, 1.54) is 39.9 Å². The SMILES string of the molecule is COc1ccc([C@@H]2C[C@H]3C[C@H](COC(=O)c4cc(OC)c(OC)c(OC)c4)CC[NH+]3C2)cc1. The fourth-order valence-electron chi connectivity index (χ4n) is 5.31. The number of hydrogen-bond donors (Lipinski definition) is 1. The second-order valence-corrected chi connectivity index (χ2v) is 8.92. The Labute approximate surface area is 195 Å². The zero-order chi connectivity index (χ0) is 23.4. The standard InChI is InChI=1S/C26H33NO6/c1-29-22-7-5-18(6-8-22)20-12-21-11-17(9-10-27(21)15-20)16-33-26(28)19-13-23(30-2)25(32-4)24(14-19)31-3/h5-8,13-14,17,20-21H,9-12,15-16H2,1-4H3/p+1/t17-,20-,21-/m1/s1. The highest BCUT2D eigenvalue weighted by Crippen LogP contribution is 2.38. The van der Waals surface area contributed by atoms with Gasteiger partial charge in [-0.25, -0.2) is 4.79 Å². The second-order valence-electron chi connectivity index (χ2n) is 8.92. The third-order valence-electron chi connectivity index (χ3n) is 7.08. The molecule has 1 unspecified atom stereocenters. The maximum absolute atomic E-state index is 12.8. The van der Waals surface area contributed by atoms with Crippen molar-refractivity contribution in [1.82, 2.24) is 0 Å². The van der Waals surface area contributed by atoms with Gasteiger partial charge in [-0.15, -0.1) is 0 Å². The van der Waals surface area contributed by atoms with Gasteiger partial charge in [-0.05, 0) is 29.8 Å². The van der Waals surface area contributed by atoms with E-state index in [0.717, 1.165) is 25.1 Å². The number of ether oxygens (including phenoxy) is 5. The molecule has 0 spiro atoms. The largest absolute Gasteiger partial charge is 0.497 e. The summed E-state index contributed by atoms with van der Waals surface area (Å²) in [6.07, 6.45) is 3.34. The highest BCUT2D eigenvalue weighted by atomic mass is 16.5. The first-order chi connectivity index (χ1) is 16.1. The Balaban J connectivity index is 1.33. The van der Waals surface area contributed by atoms with Gasteiger partial charge in [0.1, 0.15) is 5.75 Å². The van der Waals surface area contributed by atoms with E-state index in [4.69, 9.17) is 23.7 Å². The van der Waals surface area contributed by atoms with Gasteiger partial charge in [0.05, 0.1) is 59.7 Å². The zero-order valence-electron chi connectivity index (χ0n) is 19.9. The van der Waals surface area contributed by atoms with E-state index in [1.807, 2.05) is 12.1 Å². The van der Waals surface area contributed by atoms with E-state index in [2.05, 4.69) is 12.1 Å². The van der Waals surface area contributed by atoms with Crippen LogP contribution in [0.25, 0.3) is 0 Å². The molecule has 33 heavy (non-hydrogen) atoms. The van der Waals surface area contributed by atoms with E-state index in [1.54, 1.807) is 24.1 Å². The average molecular weight is 457 g/mol. The van der Waals surface area contributed by atoms with Crippen molar-refractivity contribution in [1.29, 1.82) is 0 Å². The van der Waals surface area contributed by atoms with Gasteiger partial charge in [-0.2, -0.15) is 0 Å². The molecule has 7 nitrogen and oxygen atoms in total. The van der Waals surface area contributed by atoms with Gasteiger partial charge < -0.3 is 28.6 Å². The third kappa shape index (κ3) is 5.03. The lowest BCUT2D eigenvalue weighted by Gasteiger charge is -2.31. The Morgan fingerprint density at radius 3 is 2.24 bits per heavy atom. The van der Waals surface area contributed by atoms with Crippen LogP contribution in [-0.4, -0.2) is 60.1 Å². The number of methoxy groups -OCH3 is 4. The number of carbonyl (C=O) groups is 1. The summed E-state index contributed by atoms with van der Waals surface area (Å²) in [7, 11) is 6.30. The summed E-state index contributed by atoms with van der Waals surface area (Å²) in [5.74, 6) is 2.84. The van der Waals surface area contributed by atoms with Gasteiger partial charge in [0, 0.05) is 31.1 Å². The topological polar surface area (TPSA) is 67.7 Å². The summed E-state index contributed by atoms with van der Waals surface area (Å²) < 4.78 is 27.0. The Morgan fingerprint density at radius 2 is 1.64 bits per heavy atom. The first kappa shape index (κ1) is 23.2. The Morgan fingerprint density at radius 1 is 0.939 bits per heavy atom. The lowest BCUT2D eigenvalue weighted by Crippen LogP contribution is -3.14. The molecule has 0 saturated carbocycles. The number of fused-ring (bicyclic) bond motifs is 1. The monoisotopic (exact) mass is 456 g/mol.